The number of carbonyl (C=O) groups is 3. The summed E-state index contributed by atoms with van der Waals surface area (Å²) in [4.78, 5) is 40.4. The van der Waals surface area contributed by atoms with E-state index in [0.717, 1.165) is 27.6 Å². The summed E-state index contributed by atoms with van der Waals surface area (Å²) in [6.45, 7) is 11.1. The monoisotopic (exact) mass is 592 g/mol. The molecule has 3 aromatic rings. The van der Waals surface area contributed by atoms with Crippen LogP contribution >= 0.6 is 0 Å². The average molecular weight is 593 g/mol. The van der Waals surface area contributed by atoms with Gasteiger partial charge in [-0.25, -0.2) is 9.80 Å². The molecule has 3 N–H and O–H groups in total. The van der Waals surface area contributed by atoms with E-state index < -0.39 is 18.2 Å². The van der Waals surface area contributed by atoms with E-state index in [1.165, 1.54) is 5.01 Å². The molecule has 4 amide bonds. The molecule has 1 heterocycles. The van der Waals surface area contributed by atoms with E-state index in [0.29, 0.717) is 26.3 Å². The highest BCUT2D eigenvalue weighted by Crippen LogP contribution is 2.24. The van der Waals surface area contributed by atoms with Crippen LogP contribution in [0.5, 0.6) is 0 Å². The van der Waals surface area contributed by atoms with Crippen LogP contribution in [-0.2, 0) is 39.2 Å². The van der Waals surface area contributed by atoms with Crippen LogP contribution in [0.4, 0.5) is 4.79 Å². The first-order valence-electron chi connectivity index (χ1n) is 14.5. The van der Waals surface area contributed by atoms with Crippen LogP contribution in [0.2, 0.25) is 0 Å². The summed E-state index contributed by atoms with van der Waals surface area (Å²) in [5.74, 6) is -0.714. The zero-order valence-corrected chi connectivity index (χ0v) is 25.6. The number of nitrogens with one attached hydrogen (secondary N) is 3. The summed E-state index contributed by atoms with van der Waals surface area (Å²) in [5, 5.41) is 8.00. The highest BCUT2D eigenvalue weighted by Gasteiger charge is 2.23. The Labute approximate surface area is 253 Å². The van der Waals surface area contributed by atoms with Crippen molar-refractivity contribution in [2.75, 3.05) is 39.4 Å². The van der Waals surface area contributed by atoms with Gasteiger partial charge in [-0.2, -0.15) is 0 Å². The molecule has 43 heavy (non-hydrogen) atoms. The third-order valence-electron chi connectivity index (χ3n) is 6.75. The van der Waals surface area contributed by atoms with Crippen LogP contribution in [0.1, 0.15) is 30.5 Å². The lowest BCUT2D eigenvalue weighted by Gasteiger charge is -2.28. The van der Waals surface area contributed by atoms with E-state index in [4.69, 9.17) is 9.47 Å². The number of aromatic nitrogens is 1. The van der Waals surface area contributed by atoms with Crippen molar-refractivity contribution in [2.24, 2.45) is 7.05 Å². The minimum absolute atomic E-state index is 0.166. The maximum Gasteiger partial charge on any atom is 0.329 e. The largest absolute Gasteiger partial charge is 0.351 e. The molecule has 0 saturated heterocycles. The van der Waals surface area contributed by atoms with Crippen LogP contribution in [0, 0.1) is 6.92 Å². The average Bonchev–Trinajstić information content (AvgIpc) is 3.29. The minimum Gasteiger partial charge on any atom is -0.351 e. The van der Waals surface area contributed by atoms with Gasteiger partial charge in [-0.1, -0.05) is 54.6 Å². The smallest absolute Gasteiger partial charge is 0.329 e. The Bertz CT molecular complexity index is 1350. The molecule has 0 fully saturated rings. The number of benzene rings is 2. The van der Waals surface area contributed by atoms with Gasteiger partial charge in [0.2, 0.25) is 11.8 Å². The number of hydrazine groups is 1. The highest BCUT2D eigenvalue weighted by molar-refractivity contribution is 5.88. The molecule has 0 aliphatic heterocycles. The second-order valence-corrected chi connectivity index (χ2v) is 10.1. The zero-order chi connectivity index (χ0) is 31.2. The number of carbonyl (C=O) groups excluding carboxylic acids is 3. The molecular weight excluding hydrogens is 548 g/mol. The maximum atomic E-state index is 13.5. The van der Waals surface area contributed by atoms with Gasteiger partial charge >= 0.3 is 6.03 Å². The second kappa shape index (κ2) is 17.1. The molecule has 232 valence electrons. The third kappa shape index (κ3) is 10.2. The Morgan fingerprint density at radius 3 is 2.42 bits per heavy atom. The molecule has 11 heteroatoms. The predicted octanol–water partition coefficient (Wildman–Crippen LogP) is 3.23. The van der Waals surface area contributed by atoms with Crippen molar-refractivity contribution in [3.8, 4) is 0 Å². The van der Waals surface area contributed by atoms with E-state index in [9.17, 15) is 14.4 Å². The molecule has 0 bridgehead atoms. The fraction of sp³-hybridized carbons (Fsp3) is 0.406. The highest BCUT2D eigenvalue weighted by atomic mass is 16.7. The van der Waals surface area contributed by atoms with E-state index in [1.54, 1.807) is 11.0 Å². The van der Waals surface area contributed by atoms with Crippen molar-refractivity contribution < 1.29 is 23.9 Å². The van der Waals surface area contributed by atoms with Crippen LogP contribution < -0.4 is 16.1 Å². The Kier molecular flexibility index (Phi) is 13.2. The van der Waals surface area contributed by atoms with Gasteiger partial charge in [-0.05, 0) is 37.5 Å². The van der Waals surface area contributed by atoms with E-state index in [1.807, 2.05) is 63.4 Å². The van der Waals surface area contributed by atoms with Crippen molar-refractivity contribution in [1.82, 2.24) is 30.5 Å². The van der Waals surface area contributed by atoms with E-state index in [2.05, 4.69) is 46.4 Å². The van der Waals surface area contributed by atoms with Gasteiger partial charge in [-0.15, -0.1) is 6.58 Å². The predicted molar refractivity (Wildman–Crippen MR) is 167 cm³/mol. The van der Waals surface area contributed by atoms with Gasteiger partial charge in [0.15, 0.2) is 6.29 Å². The Morgan fingerprint density at radius 1 is 1.02 bits per heavy atom. The fourth-order valence-corrected chi connectivity index (χ4v) is 4.83. The third-order valence-corrected chi connectivity index (χ3v) is 6.75. The number of fused-ring (bicyclic) bond motifs is 1. The summed E-state index contributed by atoms with van der Waals surface area (Å²) >= 11 is 0. The number of rotatable bonds is 17. The van der Waals surface area contributed by atoms with E-state index >= 15 is 0 Å². The van der Waals surface area contributed by atoms with Gasteiger partial charge in [0, 0.05) is 51.5 Å². The van der Waals surface area contributed by atoms with E-state index in [-0.39, 0.29) is 32.1 Å². The van der Waals surface area contributed by atoms with Crippen LogP contribution in [0.25, 0.3) is 10.9 Å². The Hall–Kier alpha value is -4.19. The molecular formula is C32H44N6O5. The van der Waals surface area contributed by atoms with Gasteiger partial charge in [0.05, 0.1) is 25.2 Å². The molecule has 0 spiro atoms. The van der Waals surface area contributed by atoms with Gasteiger partial charge in [0.1, 0.15) is 0 Å². The van der Waals surface area contributed by atoms with Gasteiger partial charge < -0.3 is 29.6 Å². The lowest BCUT2D eigenvalue weighted by molar-refractivity contribution is -0.159. The molecule has 0 radical (unpaired) electrons. The van der Waals surface area contributed by atoms with Crippen molar-refractivity contribution in [1.29, 1.82) is 0 Å². The van der Waals surface area contributed by atoms with Crippen LogP contribution in [-0.4, -0.2) is 78.0 Å². The lowest BCUT2D eigenvalue weighted by Crippen LogP contribution is -2.52. The standard InChI is InChI=1S/C32H44N6O5/c1-6-17-38(35-32(41)34-18-25-13-10-9-11-14-25)22-28(39)33-19-29(40)37(23-30(42-7-2)43-8-3)21-26-15-12-16-27-24(4)20-36(5)31(26)27/h6,9-16,20,30H,1,7-8,17-19,21-23H2,2-5H3,(H,33,39)(H2,34,35,41). The quantitative estimate of drug-likeness (QED) is 0.126. The van der Waals surface area contributed by atoms with Crippen LogP contribution in [0.3, 0.4) is 0 Å². The summed E-state index contributed by atoms with van der Waals surface area (Å²) < 4.78 is 13.5. The lowest BCUT2D eigenvalue weighted by atomic mass is 10.1. The van der Waals surface area contributed by atoms with Crippen molar-refractivity contribution in [2.45, 2.75) is 40.2 Å². The number of aryl methyl sites for hydroxylation is 2. The number of hydrogen-bond donors (Lipinski definition) is 3. The minimum atomic E-state index is -0.606. The molecule has 3 rings (SSSR count). The Balaban J connectivity index is 1.64. The van der Waals surface area contributed by atoms with Crippen LogP contribution in [0.15, 0.2) is 67.4 Å². The molecule has 0 aliphatic rings. The van der Waals surface area contributed by atoms with Gasteiger partial charge in [-0.3, -0.25) is 15.0 Å². The molecule has 11 nitrogen and oxygen atoms in total. The first kappa shape index (κ1) is 33.3. The number of urea groups is 1. The molecule has 0 unspecified atom stereocenters. The second-order valence-electron chi connectivity index (χ2n) is 10.1. The Morgan fingerprint density at radius 2 is 1.74 bits per heavy atom. The summed E-state index contributed by atoms with van der Waals surface area (Å²) in [5.41, 5.74) is 6.78. The number of hydrogen-bond acceptors (Lipinski definition) is 6. The molecule has 2 aromatic carbocycles. The summed E-state index contributed by atoms with van der Waals surface area (Å²) in [6.07, 6.45) is 3.03. The number of ether oxygens (including phenoxy) is 2. The van der Waals surface area contributed by atoms with Gasteiger partial charge in [0.25, 0.3) is 0 Å². The number of para-hydroxylation sites is 1. The normalized spacial score (nSPS) is 11.1. The fourth-order valence-electron chi connectivity index (χ4n) is 4.83. The molecule has 0 saturated carbocycles. The molecule has 0 aliphatic carbocycles. The first-order chi connectivity index (χ1) is 20.7. The number of nitrogens with zero attached hydrogens (tertiary/aromatic N) is 3. The maximum absolute atomic E-state index is 13.5. The SMILES string of the molecule is C=CCN(CC(=O)NCC(=O)N(Cc1cccc2c(C)cn(C)c12)CC(OCC)OCC)NC(=O)NCc1ccccc1. The van der Waals surface area contributed by atoms with Crippen molar-refractivity contribution in [3.05, 3.63) is 84.1 Å². The summed E-state index contributed by atoms with van der Waals surface area (Å²) in [6, 6.07) is 15.1. The first-order valence-corrected chi connectivity index (χ1v) is 14.5. The summed E-state index contributed by atoms with van der Waals surface area (Å²) in [7, 11) is 1.99. The molecule has 0 atom stereocenters. The van der Waals surface area contributed by atoms with Crippen molar-refractivity contribution >= 4 is 28.7 Å². The van der Waals surface area contributed by atoms with Crippen molar-refractivity contribution in [3.63, 3.8) is 0 Å². The number of amides is 4. The zero-order valence-electron chi connectivity index (χ0n) is 25.6. The molecule has 1 aromatic heterocycles. The topological polar surface area (TPSA) is 117 Å².